The second-order valence-electron chi connectivity index (χ2n) is 15.8. The minimum Gasteiger partial charge on any atom is -0.490 e. The Balaban J connectivity index is 1.17. The molecule has 4 unspecified atom stereocenters. The third kappa shape index (κ3) is 16.4. The molecule has 322 valence electrons. The maximum atomic E-state index is 10.8. The SMILES string of the molecule is CCCCCCCCCCCCCCCCCCOCC(COP(O)OCC1(C#N)CCC(c2ccc3n2NCN=C3N)O1)OCc1ccc(C#N)c(OC(C)C)c1. The Bertz CT molecular complexity index is 1590. The third-order valence-electron chi connectivity index (χ3n) is 10.6. The molecule has 4 N–H and O–H groups in total. The summed E-state index contributed by atoms with van der Waals surface area (Å²) in [5, 5.41) is 19.6. The molecule has 3 heterocycles. The molecule has 14 heteroatoms. The summed E-state index contributed by atoms with van der Waals surface area (Å²) in [5.74, 6) is 0.947. The molecule has 0 radical (unpaired) electrons. The molecule has 58 heavy (non-hydrogen) atoms. The van der Waals surface area contributed by atoms with E-state index in [1.54, 1.807) is 6.07 Å². The predicted molar refractivity (Wildman–Crippen MR) is 228 cm³/mol. The van der Waals surface area contributed by atoms with Gasteiger partial charge in [-0.05, 0) is 62.9 Å². The lowest BCUT2D eigenvalue weighted by molar-refractivity contribution is -0.0540. The van der Waals surface area contributed by atoms with Gasteiger partial charge in [0.05, 0.1) is 43.8 Å². The Hall–Kier alpha value is -3.26. The third-order valence-corrected chi connectivity index (χ3v) is 11.3. The first-order valence-electron chi connectivity index (χ1n) is 21.8. The number of fused-ring (bicyclic) bond motifs is 1. The molecule has 1 saturated heterocycles. The van der Waals surface area contributed by atoms with E-state index >= 15 is 0 Å². The van der Waals surface area contributed by atoms with Crippen LogP contribution in [0.4, 0.5) is 0 Å². The molecule has 0 spiro atoms. The molecule has 1 fully saturated rings. The molecule has 0 amide bonds. The first kappa shape index (κ1) is 47.4. The van der Waals surface area contributed by atoms with Gasteiger partial charge in [-0.25, -0.2) is 4.99 Å². The number of hydrogen-bond acceptors (Lipinski definition) is 12. The van der Waals surface area contributed by atoms with Crippen LogP contribution in [0.2, 0.25) is 0 Å². The number of aliphatic imine (C=N–C) groups is 1. The second kappa shape index (κ2) is 26.8. The van der Waals surface area contributed by atoms with Crippen molar-refractivity contribution in [1.82, 2.24) is 4.68 Å². The quantitative estimate of drug-likeness (QED) is 0.0487. The molecular weight excluding hydrogens is 755 g/mol. The minimum absolute atomic E-state index is 0.0146. The second-order valence-corrected chi connectivity index (χ2v) is 16.8. The topological polar surface area (TPSA) is 179 Å². The van der Waals surface area contributed by atoms with Crippen molar-refractivity contribution < 1.29 is 32.9 Å². The Kier molecular flexibility index (Phi) is 21.9. The number of benzene rings is 1. The van der Waals surface area contributed by atoms with E-state index in [-0.39, 0.29) is 38.6 Å². The highest BCUT2D eigenvalue weighted by Crippen LogP contribution is 2.43. The average Bonchev–Trinajstić information content (AvgIpc) is 3.86. The van der Waals surface area contributed by atoms with Crippen molar-refractivity contribution in [1.29, 1.82) is 10.5 Å². The first-order valence-corrected chi connectivity index (χ1v) is 22.9. The molecule has 4 rings (SSSR count). The van der Waals surface area contributed by atoms with E-state index in [1.165, 1.54) is 89.9 Å². The highest BCUT2D eigenvalue weighted by molar-refractivity contribution is 7.40. The molecule has 1 aromatic heterocycles. The molecular formula is C44H69N6O7P. The van der Waals surface area contributed by atoms with Gasteiger partial charge in [-0.3, -0.25) is 4.68 Å². The number of nitrogens with two attached hydrogens (primary N) is 1. The van der Waals surface area contributed by atoms with Crippen molar-refractivity contribution in [3.63, 3.8) is 0 Å². The molecule has 2 aliphatic rings. The average molecular weight is 825 g/mol. The molecule has 2 aliphatic heterocycles. The van der Waals surface area contributed by atoms with Crippen LogP contribution in [0.5, 0.6) is 5.75 Å². The van der Waals surface area contributed by atoms with Crippen molar-refractivity contribution in [2.24, 2.45) is 10.7 Å². The minimum atomic E-state index is -2.34. The number of rotatable bonds is 31. The molecule has 1 aromatic carbocycles. The van der Waals surface area contributed by atoms with Crippen molar-refractivity contribution in [2.45, 2.75) is 167 Å². The molecule has 0 saturated carbocycles. The van der Waals surface area contributed by atoms with Gasteiger partial charge in [0.2, 0.25) is 0 Å². The smallest absolute Gasteiger partial charge is 0.330 e. The Morgan fingerprint density at radius 1 is 0.948 bits per heavy atom. The summed E-state index contributed by atoms with van der Waals surface area (Å²) < 4.78 is 37.7. The number of aromatic nitrogens is 1. The fraction of sp³-hybridized carbons (Fsp3) is 0.705. The van der Waals surface area contributed by atoms with E-state index in [4.69, 9.17) is 33.7 Å². The van der Waals surface area contributed by atoms with Gasteiger partial charge in [0.25, 0.3) is 0 Å². The zero-order valence-electron chi connectivity index (χ0n) is 35.3. The van der Waals surface area contributed by atoms with Crippen LogP contribution in [0.25, 0.3) is 0 Å². The molecule has 0 bridgehead atoms. The summed E-state index contributed by atoms with van der Waals surface area (Å²) in [6.07, 6.45) is 21.1. The van der Waals surface area contributed by atoms with E-state index in [0.717, 1.165) is 29.8 Å². The lowest BCUT2D eigenvalue weighted by Gasteiger charge is -2.25. The van der Waals surface area contributed by atoms with E-state index in [0.29, 0.717) is 43.3 Å². The molecule has 2 aromatic rings. The summed E-state index contributed by atoms with van der Waals surface area (Å²) in [4.78, 5) is 15.0. The van der Waals surface area contributed by atoms with Gasteiger partial charge in [0.1, 0.15) is 48.3 Å². The van der Waals surface area contributed by atoms with Gasteiger partial charge in [0, 0.05) is 6.61 Å². The number of unbranched alkanes of at least 4 members (excludes halogenated alkanes) is 15. The molecule has 13 nitrogen and oxygen atoms in total. The van der Waals surface area contributed by atoms with Gasteiger partial charge in [0.15, 0.2) is 5.60 Å². The lowest BCUT2D eigenvalue weighted by Crippen LogP contribution is -2.34. The highest BCUT2D eigenvalue weighted by Gasteiger charge is 2.43. The molecule has 4 atom stereocenters. The van der Waals surface area contributed by atoms with E-state index in [1.807, 2.05) is 42.8 Å². The summed E-state index contributed by atoms with van der Waals surface area (Å²) in [6.45, 7) is 7.41. The van der Waals surface area contributed by atoms with Crippen LogP contribution >= 0.6 is 8.60 Å². The largest absolute Gasteiger partial charge is 0.490 e. The van der Waals surface area contributed by atoms with Crippen molar-refractivity contribution in [3.8, 4) is 17.9 Å². The van der Waals surface area contributed by atoms with Crippen LogP contribution < -0.4 is 15.9 Å². The van der Waals surface area contributed by atoms with Crippen molar-refractivity contribution >= 4 is 14.4 Å². The number of nitrogens with zero attached hydrogens (tertiary/aromatic N) is 4. The van der Waals surface area contributed by atoms with Gasteiger partial charge in [-0.1, -0.05) is 109 Å². The van der Waals surface area contributed by atoms with Crippen LogP contribution in [-0.4, -0.2) is 66.3 Å². The Morgan fingerprint density at radius 3 is 2.26 bits per heavy atom. The maximum Gasteiger partial charge on any atom is 0.330 e. The predicted octanol–water partition coefficient (Wildman–Crippen LogP) is 9.60. The summed E-state index contributed by atoms with van der Waals surface area (Å²) in [5.41, 5.74) is 10.9. The monoisotopic (exact) mass is 824 g/mol. The zero-order valence-corrected chi connectivity index (χ0v) is 36.2. The highest BCUT2D eigenvalue weighted by atomic mass is 31.2. The summed E-state index contributed by atoms with van der Waals surface area (Å²) in [6, 6.07) is 13.6. The number of amidine groups is 1. The van der Waals surface area contributed by atoms with Gasteiger partial charge < -0.3 is 44.0 Å². The Morgan fingerprint density at radius 2 is 1.62 bits per heavy atom. The number of hydrogen-bond donors (Lipinski definition) is 3. The van der Waals surface area contributed by atoms with Crippen LogP contribution in [0.3, 0.4) is 0 Å². The van der Waals surface area contributed by atoms with E-state index < -0.39 is 20.3 Å². The molecule has 0 aliphatic carbocycles. The Labute approximate surface area is 348 Å². The van der Waals surface area contributed by atoms with E-state index in [2.05, 4.69) is 29.5 Å². The number of nitriles is 2. The number of nitrogens with one attached hydrogen (secondary N) is 1. The van der Waals surface area contributed by atoms with Crippen LogP contribution in [0.15, 0.2) is 35.3 Å². The fourth-order valence-corrected chi connectivity index (χ4v) is 7.99. The van der Waals surface area contributed by atoms with Gasteiger partial charge in [-0.2, -0.15) is 10.5 Å². The lowest BCUT2D eigenvalue weighted by atomic mass is 10.0. The van der Waals surface area contributed by atoms with E-state index in [9.17, 15) is 15.4 Å². The van der Waals surface area contributed by atoms with Crippen molar-refractivity contribution in [2.75, 3.05) is 38.5 Å². The zero-order chi connectivity index (χ0) is 41.4. The van der Waals surface area contributed by atoms with Crippen LogP contribution in [-0.2, 0) is 29.9 Å². The van der Waals surface area contributed by atoms with Crippen LogP contribution in [0.1, 0.15) is 165 Å². The summed E-state index contributed by atoms with van der Waals surface area (Å²) in [7, 11) is -2.34. The standard InChI is InChI=1S/C44H69N6O7P/c1-4-5-6-7-8-9-10-11-12-13-14-15-16-17-18-19-26-52-30-38(53-29-36-20-21-37(28-45)42(27-36)56-35(2)3)31-54-58(51)55-33-44(32-46)25-24-41(57-44)39-22-23-40-43(47)48-34-49-50(39)40/h20-23,27,35,38,41,49,51H,4-19,24-26,29-31,33-34H2,1-3H3,(H2,47,48). The fourth-order valence-electron chi connectivity index (χ4n) is 7.31. The van der Waals surface area contributed by atoms with Gasteiger partial charge in [-0.15, -0.1) is 0 Å². The normalized spacial score (nSPS) is 18.6. The van der Waals surface area contributed by atoms with Crippen molar-refractivity contribution in [3.05, 3.63) is 52.8 Å². The van der Waals surface area contributed by atoms with Crippen LogP contribution in [0, 0.1) is 22.7 Å². The maximum absolute atomic E-state index is 10.8. The number of ether oxygens (including phenoxy) is 4. The summed E-state index contributed by atoms with van der Waals surface area (Å²) >= 11 is 0. The first-order chi connectivity index (χ1) is 28.3. The van der Waals surface area contributed by atoms with Gasteiger partial charge >= 0.3 is 8.60 Å².